The molecule has 1 aliphatic carbocycles. The summed E-state index contributed by atoms with van der Waals surface area (Å²) in [5.74, 6) is 2.56. The van der Waals surface area contributed by atoms with Crippen molar-refractivity contribution >= 4 is 0 Å². The van der Waals surface area contributed by atoms with Crippen LogP contribution in [-0.4, -0.2) is 12.1 Å². The summed E-state index contributed by atoms with van der Waals surface area (Å²) in [6.07, 6.45) is 4.05. The molecule has 2 rings (SSSR count). The normalized spacial score (nSPS) is 24.2. The molecule has 0 radical (unpaired) electrons. The van der Waals surface area contributed by atoms with Gasteiger partial charge in [-0.2, -0.15) is 0 Å². The first-order valence-corrected chi connectivity index (χ1v) is 7.81. The van der Waals surface area contributed by atoms with Crippen molar-refractivity contribution in [3.05, 3.63) is 35.9 Å². The lowest BCUT2D eigenvalue weighted by molar-refractivity contribution is 0.329. The van der Waals surface area contributed by atoms with Crippen LogP contribution in [0.15, 0.2) is 30.3 Å². The molecule has 0 spiro atoms. The van der Waals surface area contributed by atoms with Crippen LogP contribution >= 0.6 is 0 Å². The number of benzene rings is 1. The summed E-state index contributed by atoms with van der Waals surface area (Å²) < 4.78 is 0. The Hall–Kier alpha value is -0.820. The summed E-state index contributed by atoms with van der Waals surface area (Å²) in [5, 5.41) is 3.70. The van der Waals surface area contributed by atoms with Gasteiger partial charge in [-0.05, 0) is 63.5 Å². The fraction of sp³-hybridized carbons (Fsp3) is 0.667. The van der Waals surface area contributed by atoms with Gasteiger partial charge in [-0.15, -0.1) is 0 Å². The third-order valence-electron chi connectivity index (χ3n) is 4.23. The molecular weight excluding hydrogens is 230 g/mol. The van der Waals surface area contributed by atoms with Gasteiger partial charge in [-0.1, -0.05) is 43.7 Å². The van der Waals surface area contributed by atoms with Crippen LogP contribution in [0.4, 0.5) is 0 Å². The van der Waals surface area contributed by atoms with Crippen molar-refractivity contribution < 1.29 is 0 Å². The molecule has 1 heteroatoms. The number of hydrogen-bond acceptors (Lipinski definition) is 1. The van der Waals surface area contributed by atoms with E-state index in [1.165, 1.54) is 25.8 Å². The predicted molar refractivity (Wildman–Crippen MR) is 83.4 cm³/mol. The van der Waals surface area contributed by atoms with Gasteiger partial charge in [-0.3, -0.25) is 0 Å². The maximum Gasteiger partial charge on any atom is 0.00966 e. The monoisotopic (exact) mass is 259 g/mol. The highest BCUT2D eigenvalue weighted by atomic mass is 14.9. The Labute approximate surface area is 118 Å². The molecule has 106 valence electrons. The van der Waals surface area contributed by atoms with Crippen molar-refractivity contribution in [1.29, 1.82) is 0 Å². The van der Waals surface area contributed by atoms with Crippen molar-refractivity contribution in [2.75, 3.05) is 6.54 Å². The third-order valence-corrected chi connectivity index (χ3v) is 4.23. The Morgan fingerprint density at radius 2 is 1.89 bits per heavy atom. The molecular formula is C18H29N. The third kappa shape index (κ3) is 4.35. The molecule has 0 aromatic heterocycles. The Morgan fingerprint density at radius 3 is 2.47 bits per heavy atom. The maximum absolute atomic E-state index is 3.70. The highest BCUT2D eigenvalue weighted by Gasteiger charge is 2.43. The fourth-order valence-electron chi connectivity index (χ4n) is 3.09. The topological polar surface area (TPSA) is 12.0 Å². The number of rotatable bonds is 6. The van der Waals surface area contributed by atoms with Crippen LogP contribution in [0.1, 0.15) is 58.4 Å². The molecule has 0 amide bonds. The molecule has 1 saturated carbocycles. The molecule has 1 aromatic carbocycles. The number of hydrogen-bond donors (Lipinski definition) is 1. The lowest BCUT2D eigenvalue weighted by atomic mass is 9.93. The van der Waals surface area contributed by atoms with E-state index >= 15 is 0 Å². The Bertz CT molecular complexity index is 376. The Kier molecular flexibility index (Phi) is 4.67. The van der Waals surface area contributed by atoms with E-state index in [0.717, 1.165) is 17.8 Å². The minimum absolute atomic E-state index is 0.239. The minimum atomic E-state index is 0.239. The summed E-state index contributed by atoms with van der Waals surface area (Å²) in [4.78, 5) is 0. The first-order chi connectivity index (χ1) is 9.01. The zero-order valence-electron chi connectivity index (χ0n) is 12.9. The van der Waals surface area contributed by atoms with E-state index in [0.29, 0.717) is 0 Å². The molecule has 3 unspecified atom stereocenters. The predicted octanol–water partition coefficient (Wildman–Crippen LogP) is 4.59. The van der Waals surface area contributed by atoms with Gasteiger partial charge in [0.05, 0.1) is 0 Å². The summed E-state index contributed by atoms with van der Waals surface area (Å²) >= 11 is 0. The van der Waals surface area contributed by atoms with Gasteiger partial charge < -0.3 is 5.32 Å². The summed E-state index contributed by atoms with van der Waals surface area (Å²) in [6.45, 7) is 10.3. The molecule has 1 aliphatic rings. The largest absolute Gasteiger partial charge is 0.312 e. The van der Waals surface area contributed by atoms with Crippen LogP contribution in [0.5, 0.6) is 0 Å². The zero-order valence-corrected chi connectivity index (χ0v) is 12.9. The molecule has 3 atom stereocenters. The summed E-state index contributed by atoms with van der Waals surface area (Å²) in [7, 11) is 0. The number of nitrogens with one attached hydrogen (secondary N) is 1. The van der Waals surface area contributed by atoms with Crippen molar-refractivity contribution in [2.24, 2.45) is 11.8 Å². The molecule has 1 aromatic rings. The Morgan fingerprint density at radius 1 is 1.21 bits per heavy atom. The van der Waals surface area contributed by atoms with Crippen LogP contribution in [0, 0.1) is 11.8 Å². The van der Waals surface area contributed by atoms with Crippen molar-refractivity contribution in [1.82, 2.24) is 5.32 Å². The van der Waals surface area contributed by atoms with Crippen LogP contribution < -0.4 is 5.32 Å². The van der Waals surface area contributed by atoms with Crippen LogP contribution in [-0.2, 0) is 0 Å². The highest BCUT2D eigenvalue weighted by molar-refractivity contribution is 5.26. The van der Waals surface area contributed by atoms with E-state index in [9.17, 15) is 0 Å². The molecule has 0 aliphatic heterocycles. The second kappa shape index (κ2) is 6.09. The molecule has 1 N–H and O–H groups in total. The van der Waals surface area contributed by atoms with Gasteiger partial charge in [-0.25, -0.2) is 0 Å². The standard InChI is InChI=1S/C18H29N/c1-5-9-15(13-19-18(2,3)4)17-12-16(17)14-10-7-6-8-11-14/h6-8,10-11,15-17,19H,5,9,12-13H2,1-4H3. The van der Waals surface area contributed by atoms with Crippen LogP contribution in [0.2, 0.25) is 0 Å². The average molecular weight is 259 g/mol. The maximum atomic E-state index is 3.70. The quantitative estimate of drug-likeness (QED) is 0.787. The van der Waals surface area contributed by atoms with Crippen LogP contribution in [0.3, 0.4) is 0 Å². The molecule has 1 nitrogen and oxygen atoms in total. The van der Waals surface area contributed by atoms with Gasteiger partial charge in [0.2, 0.25) is 0 Å². The van der Waals surface area contributed by atoms with Crippen molar-refractivity contribution in [3.63, 3.8) is 0 Å². The van der Waals surface area contributed by atoms with Gasteiger partial charge in [0, 0.05) is 5.54 Å². The summed E-state index contributed by atoms with van der Waals surface area (Å²) in [6, 6.07) is 11.1. The van der Waals surface area contributed by atoms with Crippen molar-refractivity contribution in [2.45, 2.75) is 58.4 Å². The van der Waals surface area contributed by atoms with Gasteiger partial charge in [0.1, 0.15) is 0 Å². The van der Waals surface area contributed by atoms with Gasteiger partial charge in [0.15, 0.2) is 0 Å². The van der Waals surface area contributed by atoms with E-state index in [-0.39, 0.29) is 5.54 Å². The summed E-state index contributed by atoms with van der Waals surface area (Å²) in [5.41, 5.74) is 1.78. The van der Waals surface area contributed by atoms with E-state index in [1.54, 1.807) is 5.56 Å². The van der Waals surface area contributed by atoms with E-state index < -0.39 is 0 Å². The lowest BCUT2D eigenvalue weighted by Gasteiger charge is -2.25. The molecule has 1 fully saturated rings. The lowest BCUT2D eigenvalue weighted by Crippen LogP contribution is -2.39. The van der Waals surface area contributed by atoms with Gasteiger partial charge in [0.25, 0.3) is 0 Å². The van der Waals surface area contributed by atoms with Crippen molar-refractivity contribution in [3.8, 4) is 0 Å². The Balaban J connectivity index is 1.91. The molecule has 19 heavy (non-hydrogen) atoms. The fourth-order valence-corrected chi connectivity index (χ4v) is 3.09. The van der Waals surface area contributed by atoms with E-state index in [1.807, 2.05) is 0 Å². The minimum Gasteiger partial charge on any atom is -0.312 e. The van der Waals surface area contributed by atoms with E-state index in [4.69, 9.17) is 0 Å². The first-order valence-electron chi connectivity index (χ1n) is 7.81. The molecule has 0 bridgehead atoms. The van der Waals surface area contributed by atoms with Gasteiger partial charge >= 0.3 is 0 Å². The first kappa shape index (κ1) is 14.6. The zero-order chi connectivity index (χ0) is 13.9. The second-order valence-corrected chi connectivity index (χ2v) is 7.10. The van der Waals surface area contributed by atoms with Crippen LogP contribution in [0.25, 0.3) is 0 Å². The smallest absolute Gasteiger partial charge is 0.00966 e. The highest BCUT2D eigenvalue weighted by Crippen LogP contribution is 2.52. The second-order valence-electron chi connectivity index (χ2n) is 7.10. The molecule has 0 saturated heterocycles. The molecule has 0 heterocycles. The SMILES string of the molecule is CCCC(CNC(C)(C)C)C1CC1c1ccccc1. The average Bonchev–Trinajstić information content (AvgIpc) is 3.14. The van der Waals surface area contributed by atoms with E-state index in [2.05, 4.69) is 63.3 Å².